The number of nitrogens with one attached hydrogen (secondary N) is 2. The number of fused-ring (bicyclic) bond motifs is 1. The van der Waals surface area contributed by atoms with Crippen LogP contribution in [0.25, 0.3) is 10.8 Å². The van der Waals surface area contributed by atoms with Gasteiger partial charge in [-0.05, 0) is 24.3 Å². The Balaban J connectivity index is 1.89. The van der Waals surface area contributed by atoms with Crippen molar-refractivity contribution in [2.75, 3.05) is 10.9 Å². The molecular weight excluding hydrogens is 352 g/mol. The zero-order chi connectivity index (χ0) is 19.3. The number of benzene rings is 4. The molecule has 0 unspecified atom stereocenters. The Bertz CT molecular complexity index is 1230. The van der Waals surface area contributed by atoms with E-state index in [0.717, 1.165) is 11.4 Å². The predicted octanol–water partition coefficient (Wildman–Crippen LogP) is 2.29. The van der Waals surface area contributed by atoms with Crippen molar-refractivity contribution in [1.29, 1.82) is 0 Å². The molecule has 0 aliphatic heterocycles. The van der Waals surface area contributed by atoms with Gasteiger partial charge in [-0.15, -0.1) is 0 Å². The van der Waals surface area contributed by atoms with E-state index in [1.54, 1.807) is 24.3 Å². The largest absolute Gasteiger partial charge is 0.283 e. The molecule has 0 radical (unpaired) electrons. The van der Waals surface area contributed by atoms with Gasteiger partial charge >= 0.3 is 0 Å². The standard InChI is InChI=1S/C22H16N4O2/c27-21-19(25-23-15-9-3-1-4-10-15)17-13-7-8-14-18(17)20(22(21)28)26-24-16-11-5-2-6-12-16/h1-14,23-24H/b25-19-,26-20-. The van der Waals surface area contributed by atoms with Gasteiger partial charge in [0.1, 0.15) is 10.7 Å². The summed E-state index contributed by atoms with van der Waals surface area (Å²) in [5.74, 6) is 0. The summed E-state index contributed by atoms with van der Waals surface area (Å²) in [5.41, 5.74) is 5.72. The summed E-state index contributed by atoms with van der Waals surface area (Å²) in [5, 5.41) is 9.66. The van der Waals surface area contributed by atoms with Crippen molar-refractivity contribution in [1.82, 2.24) is 0 Å². The Morgan fingerprint density at radius 3 is 1.25 bits per heavy atom. The van der Waals surface area contributed by atoms with Crippen molar-refractivity contribution in [2.24, 2.45) is 10.2 Å². The van der Waals surface area contributed by atoms with Crippen molar-refractivity contribution >= 4 is 22.1 Å². The first-order valence-corrected chi connectivity index (χ1v) is 8.70. The molecule has 6 nitrogen and oxygen atoms in total. The normalized spacial score (nSPS) is 12.3. The molecule has 0 aliphatic carbocycles. The fourth-order valence-corrected chi connectivity index (χ4v) is 2.84. The van der Waals surface area contributed by atoms with E-state index in [1.165, 1.54) is 0 Å². The molecule has 0 fully saturated rings. The van der Waals surface area contributed by atoms with E-state index in [4.69, 9.17) is 0 Å². The zero-order valence-electron chi connectivity index (χ0n) is 14.8. The molecule has 4 aromatic carbocycles. The molecule has 0 spiro atoms. The topological polar surface area (TPSA) is 82.9 Å². The van der Waals surface area contributed by atoms with Crippen LogP contribution in [0.4, 0.5) is 11.4 Å². The van der Waals surface area contributed by atoms with E-state index in [0.29, 0.717) is 10.8 Å². The molecule has 28 heavy (non-hydrogen) atoms. The Hall–Kier alpha value is -4.06. The molecular formula is C22H16N4O2. The van der Waals surface area contributed by atoms with Crippen LogP contribution in [0.3, 0.4) is 0 Å². The van der Waals surface area contributed by atoms with Crippen molar-refractivity contribution in [3.8, 4) is 0 Å². The Kier molecular flexibility index (Phi) is 4.76. The summed E-state index contributed by atoms with van der Waals surface area (Å²) in [6, 6.07) is 25.5. The van der Waals surface area contributed by atoms with Gasteiger partial charge in [0.05, 0.1) is 11.4 Å². The summed E-state index contributed by atoms with van der Waals surface area (Å²) in [6.45, 7) is 0. The summed E-state index contributed by atoms with van der Waals surface area (Å²) in [7, 11) is 0. The summed E-state index contributed by atoms with van der Waals surface area (Å²) < 4.78 is 0. The first kappa shape index (κ1) is 17.4. The van der Waals surface area contributed by atoms with Crippen LogP contribution in [0.2, 0.25) is 0 Å². The maximum Gasteiger partial charge on any atom is 0.256 e. The van der Waals surface area contributed by atoms with Gasteiger partial charge in [-0.25, -0.2) is 0 Å². The van der Waals surface area contributed by atoms with Crippen LogP contribution in [0, 0.1) is 0 Å². The van der Waals surface area contributed by atoms with Gasteiger partial charge in [-0.3, -0.25) is 20.4 Å². The molecule has 0 bridgehead atoms. The predicted molar refractivity (Wildman–Crippen MR) is 110 cm³/mol. The lowest BCUT2D eigenvalue weighted by Gasteiger charge is -2.02. The molecule has 6 heteroatoms. The second kappa shape index (κ2) is 7.67. The Labute approximate surface area is 159 Å². The van der Waals surface area contributed by atoms with Crippen molar-refractivity contribution in [3.63, 3.8) is 0 Å². The van der Waals surface area contributed by atoms with Gasteiger partial charge in [-0.2, -0.15) is 10.2 Å². The van der Waals surface area contributed by atoms with Gasteiger partial charge in [0.2, 0.25) is 0 Å². The molecule has 2 N–H and O–H groups in total. The van der Waals surface area contributed by atoms with Gasteiger partial charge in [0, 0.05) is 10.8 Å². The third-order valence-corrected chi connectivity index (χ3v) is 4.21. The van der Waals surface area contributed by atoms with Crippen LogP contribution in [-0.4, -0.2) is 0 Å². The van der Waals surface area contributed by atoms with Crippen LogP contribution in [-0.2, 0) is 0 Å². The van der Waals surface area contributed by atoms with Crippen LogP contribution < -0.4 is 32.4 Å². The summed E-state index contributed by atoms with van der Waals surface area (Å²) in [6.07, 6.45) is 0. The van der Waals surface area contributed by atoms with Crippen molar-refractivity contribution in [3.05, 3.63) is 116 Å². The highest BCUT2D eigenvalue weighted by molar-refractivity contribution is 5.81. The lowest BCUT2D eigenvalue weighted by Crippen LogP contribution is -2.48. The molecule has 4 rings (SSSR count). The minimum absolute atomic E-state index is 0.0723. The Morgan fingerprint density at radius 2 is 0.857 bits per heavy atom. The van der Waals surface area contributed by atoms with Gasteiger partial charge < -0.3 is 0 Å². The number of anilines is 2. The fraction of sp³-hybridized carbons (Fsp3) is 0. The maximum atomic E-state index is 12.7. The molecule has 0 saturated heterocycles. The smallest absolute Gasteiger partial charge is 0.256 e. The highest BCUT2D eigenvalue weighted by atomic mass is 16.2. The van der Waals surface area contributed by atoms with E-state index in [9.17, 15) is 9.59 Å². The molecule has 0 amide bonds. The second-order valence-corrected chi connectivity index (χ2v) is 6.08. The van der Waals surface area contributed by atoms with Crippen LogP contribution >= 0.6 is 0 Å². The van der Waals surface area contributed by atoms with Crippen LogP contribution in [0.5, 0.6) is 0 Å². The lowest BCUT2D eigenvalue weighted by molar-refractivity contribution is 1.16. The number of hydrogen-bond donors (Lipinski definition) is 2. The van der Waals surface area contributed by atoms with E-state index in [-0.39, 0.29) is 10.7 Å². The number of para-hydroxylation sites is 2. The average Bonchev–Trinajstić information content (AvgIpc) is 2.75. The average molecular weight is 368 g/mol. The van der Waals surface area contributed by atoms with Crippen molar-refractivity contribution in [2.45, 2.75) is 0 Å². The molecule has 0 aliphatic rings. The van der Waals surface area contributed by atoms with Gasteiger partial charge in [0.25, 0.3) is 10.9 Å². The maximum absolute atomic E-state index is 12.7. The number of rotatable bonds is 4. The minimum atomic E-state index is -0.698. The molecule has 0 aromatic heterocycles. The SMILES string of the molecule is O=c1c(=O)/c(=N\Nc2ccccc2)c2ccccc2/c1=N/Nc1ccccc1. The number of nitrogens with zero attached hydrogens (tertiary/aromatic N) is 2. The first-order chi connectivity index (χ1) is 13.7. The summed E-state index contributed by atoms with van der Waals surface area (Å²) in [4.78, 5) is 25.4. The lowest BCUT2D eigenvalue weighted by atomic mass is 10.1. The molecule has 4 aromatic rings. The highest BCUT2D eigenvalue weighted by Crippen LogP contribution is 2.06. The quantitative estimate of drug-likeness (QED) is 0.428. The molecule has 0 saturated carbocycles. The zero-order valence-corrected chi connectivity index (χ0v) is 14.8. The van der Waals surface area contributed by atoms with Gasteiger partial charge in [-0.1, -0.05) is 60.7 Å². The Morgan fingerprint density at radius 1 is 0.500 bits per heavy atom. The van der Waals surface area contributed by atoms with Gasteiger partial charge in [0.15, 0.2) is 0 Å². The highest BCUT2D eigenvalue weighted by Gasteiger charge is 2.09. The second-order valence-electron chi connectivity index (χ2n) is 6.08. The number of hydrogen-bond acceptors (Lipinski definition) is 6. The monoisotopic (exact) mass is 368 g/mol. The van der Waals surface area contributed by atoms with E-state index >= 15 is 0 Å². The summed E-state index contributed by atoms with van der Waals surface area (Å²) >= 11 is 0. The van der Waals surface area contributed by atoms with E-state index in [1.807, 2.05) is 60.7 Å². The van der Waals surface area contributed by atoms with E-state index in [2.05, 4.69) is 21.1 Å². The fourth-order valence-electron chi connectivity index (χ4n) is 2.84. The van der Waals surface area contributed by atoms with Crippen LogP contribution in [0.1, 0.15) is 0 Å². The molecule has 0 heterocycles. The first-order valence-electron chi connectivity index (χ1n) is 8.70. The molecule has 136 valence electrons. The third kappa shape index (κ3) is 3.43. The van der Waals surface area contributed by atoms with E-state index < -0.39 is 10.9 Å². The minimum Gasteiger partial charge on any atom is -0.283 e. The third-order valence-electron chi connectivity index (χ3n) is 4.21. The molecule has 0 atom stereocenters. The van der Waals surface area contributed by atoms with Crippen LogP contribution in [0.15, 0.2) is 105 Å². The van der Waals surface area contributed by atoms with Crippen molar-refractivity contribution < 1.29 is 0 Å².